The Morgan fingerprint density at radius 1 is 1.22 bits per heavy atom. The van der Waals surface area contributed by atoms with Gasteiger partial charge in [0.05, 0.1) is 6.26 Å². The highest BCUT2D eigenvalue weighted by Crippen LogP contribution is 2.05. The van der Waals surface area contributed by atoms with Crippen molar-refractivity contribution in [3.05, 3.63) is 75.9 Å². The first kappa shape index (κ1) is 18.8. The van der Waals surface area contributed by atoms with E-state index in [9.17, 15) is 9.59 Å². The molecule has 0 aliphatic rings. The molecule has 0 radical (unpaired) electrons. The van der Waals surface area contributed by atoms with E-state index in [1.807, 2.05) is 16.1 Å². The lowest BCUT2D eigenvalue weighted by molar-refractivity contribution is -0.118. The van der Waals surface area contributed by atoms with Crippen LogP contribution in [0.15, 0.2) is 63.6 Å². The summed E-state index contributed by atoms with van der Waals surface area (Å²) < 4.78 is 6.98. The third kappa shape index (κ3) is 5.52. The third-order valence-corrected chi connectivity index (χ3v) is 4.75. The second kappa shape index (κ2) is 9.14. The second-order valence-electron chi connectivity index (χ2n) is 6.14. The molecule has 0 saturated heterocycles. The van der Waals surface area contributed by atoms with Crippen molar-refractivity contribution in [2.24, 2.45) is 4.99 Å². The maximum atomic E-state index is 12.1. The zero-order valence-electron chi connectivity index (χ0n) is 15.1. The molecule has 140 valence electrons. The van der Waals surface area contributed by atoms with E-state index >= 15 is 0 Å². The lowest BCUT2D eigenvalue weighted by atomic mass is 10.1. The molecule has 0 spiro atoms. The molecule has 0 saturated carbocycles. The van der Waals surface area contributed by atoms with Crippen LogP contribution in [-0.2, 0) is 11.3 Å². The fourth-order valence-electron chi connectivity index (χ4n) is 2.50. The Bertz CT molecular complexity index is 953. The number of aryl methyl sites for hydroxylation is 1. The first-order valence-corrected chi connectivity index (χ1v) is 9.58. The number of thiazole rings is 1. The van der Waals surface area contributed by atoms with Gasteiger partial charge >= 0.3 is 0 Å². The van der Waals surface area contributed by atoms with Crippen LogP contribution in [0, 0.1) is 6.92 Å². The van der Waals surface area contributed by atoms with Crippen LogP contribution in [0.1, 0.15) is 34.5 Å². The standard InChI is InChI=1S/C20H21N3O3S/c1-15-6-8-16(9-7-15)14-23-11-13-27-20(23)22-18(24)5-2-10-21-19(25)17-4-3-12-26-17/h3-4,6-9,11-13H,2,5,10,14H2,1H3,(H,21,25). The van der Waals surface area contributed by atoms with Gasteiger partial charge in [-0.1, -0.05) is 29.8 Å². The molecule has 2 heterocycles. The van der Waals surface area contributed by atoms with Gasteiger partial charge in [0.15, 0.2) is 10.6 Å². The van der Waals surface area contributed by atoms with E-state index in [2.05, 4.69) is 41.5 Å². The van der Waals surface area contributed by atoms with Crippen molar-refractivity contribution >= 4 is 23.2 Å². The summed E-state index contributed by atoms with van der Waals surface area (Å²) in [6, 6.07) is 11.5. The van der Waals surface area contributed by atoms with E-state index in [-0.39, 0.29) is 24.0 Å². The molecule has 0 fully saturated rings. The molecule has 0 unspecified atom stereocenters. The van der Waals surface area contributed by atoms with Crippen molar-refractivity contribution < 1.29 is 14.0 Å². The number of furan rings is 1. The number of aromatic nitrogens is 1. The molecular weight excluding hydrogens is 362 g/mol. The predicted octanol–water partition coefficient (Wildman–Crippen LogP) is 3.14. The molecule has 0 aliphatic heterocycles. The summed E-state index contributed by atoms with van der Waals surface area (Å²) in [6.45, 7) is 3.13. The highest BCUT2D eigenvalue weighted by atomic mass is 32.1. The van der Waals surface area contributed by atoms with E-state index in [0.717, 1.165) is 5.56 Å². The summed E-state index contributed by atoms with van der Waals surface area (Å²) in [5.41, 5.74) is 2.38. The van der Waals surface area contributed by atoms with Crippen molar-refractivity contribution in [2.75, 3.05) is 6.54 Å². The van der Waals surface area contributed by atoms with Gasteiger partial charge in [-0.3, -0.25) is 9.59 Å². The number of amides is 2. The van der Waals surface area contributed by atoms with Crippen LogP contribution in [0.4, 0.5) is 0 Å². The van der Waals surface area contributed by atoms with Gasteiger partial charge in [0, 0.05) is 31.1 Å². The molecule has 27 heavy (non-hydrogen) atoms. The smallest absolute Gasteiger partial charge is 0.286 e. The summed E-state index contributed by atoms with van der Waals surface area (Å²) >= 11 is 1.44. The summed E-state index contributed by atoms with van der Waals surface area (Å²) in [5.74, 6) is -0.206. The molecule has 3 rings (SSSR count). The second-order valence-corrected chi connectivity index (χ2v) is 7.01. The Labute approximate surface area is 161 Å². The third-order valence-electron chi connectivity index (χ3n) is 3.95. The normalized spacial score (nSPS) is 11.5. The molecule has 6 nitrogen and oxygen atoms in total. The molecule has 1 aromatic carbocycles. The lowest BCUT2D eigenvalue weighted by Gasteiger charge is -2.04. The van der Waals surface area contributed by atoms with Crippen LogP contribution >= 0.6 is 11.3 Å². The van der Waals surface area contributed by atoms with E-state index in [1.54, 1.807) is 12.1 Å². The highest BCUT2D eigenvalue weighted by Gasteiger charge is 2.08. The van der Waals surface area contributed by atoms with Gasteiger partial charge in [-0.25, -0.2) is 0 Å². The first-order chi connectivity index (χ1) is 13.1. The average Bonchev–Trinajstić information content (AvgIpc) is 3.33. The van der Waals surface area contributed by atoms with Gasteiger partial charge in [0.25, 0.3) is 5.91 Å². The highest BCUT2D eigenvalue weighted by molar-refractivity contribution is 7.07. The lowest BCUT2D eigenvalue weighted by Crippen LogP contribution is -2.24. The van der Waals surface area contributed by atoms with E-state index < -0.39 is 0 Å². The van der Waals surface area contributed by atoms with Crippen molar-refractivity contribution in [3.8, 4) is 0 Å². The number of hydrogen-bond acceptors (Lipinski definition) is 4. The van der Waals surface area contributed by atoms with Crippen LogP contribution in [0.25, 0.3) is 0 Å². The minimum absolute atomic E-state index is 0.192. The summed E-state index contributed by atoms with van der Waals surface area (Å²) in [6.07, 6.45) is 4.18. The maximum Gasteiger partial charge on any atom is 0.286 e. The summed E-state index contributed by atoms with van der Waals surface area (Å²) in [7, 11) is 0. The largest absolute Gasteiger partial charge is 0.459 e. The minimum atomic E-state index is -0.279. The summed E-state index contributed by atoms with van der Waals surface area (Å²) in [5, 5.41) is 4.64. The fraction of sp³-hybridized carbons (Fsp3) is 0.250. The Morgan fingerprint density at radius 3 is 2.78 bits per heavy atom. The molecule has 0 bridgehead atoms. The Morgan fingerprint density at radius 2 is 2.04 bits per heavy atom. The van der Waals surface area contributed by atoms with Crippen LogP contribution < -0.4 is 10.1 Å². The number of carbonyl (C=O) groups excluding carboxylic acids is 2. The van der Waals surface area contributed by atoms with Crippen molar-refractivity contribution in [1.82, 2.24) is 9.88 Å². The van der Waals surface area contributed by atoms with Crippen LogP contribution in [0.2, 0.25) is 0 Å². The molecule has 0 aliphatic carbocycles. The molecule has 1 N–H and O–H groups in total. The number of hydrogen-bond donors (Lipinski definition) is 1. The SMILES string of the molecule is Cc1ccc(Cn2ccsc2=NC(=O)CCCNC(=O)c2ccco2)cc1. The van der Waals surface area contributed by atoms with Gasteiger partial charge in [-0.15, -0.1) is 11.3 Å². The van der Waals surface area contributed by atoms with Crippen LogP contribution in [-0.4, -0.2) is 22.9 Å². The van der Waals surface area contributed by atoms with Gasteiger partial charge in [-0.2, -0.15) is 4.99 Å². The molecular formula is C20H21N3O3S. The number of nitrogens with zero attached hydrogens (tertiary/aromatic N) is 2. The van der Waals surface area contributed by atoms with E-state index in [0.29, 0.717) is 24.3 Å². The van der Waals surface area contributed by atoms with Crippen molar-refractivity contribution in [3.63, 3.8) is 0 Å². The van der Waals surface area contributed by atoms with Crippen molar-refractivity contribution in [2.45, 2.75) is 26.3 Å². The first-order valence-electron chi connectivity index (χ1n) is 8.70. The topological polar surface area (TPSA) is 76.6 Å². The maximum absolute atomic E-state index is 12.1. The van der Waals surface area contributed by atoms with Crippen LogP contribution in [0.3, 0.4) is 0 Å². The van der Waals surface area contributed by atoms with Gasteiger partial charge in [0.2, 0.25) is 5.91 Å². The van der Waals surface area contributed by atoms with Gasteiger partial charge in [0.1, 0.15) is 0 Å². The average molecular weight is 383 g/mol. The molecule has 7 heteroatoms. The molecule has 2 amide bonds. The summed E-state index contributed by atoms with van der Waals surface area (Å²) in [4.78, 5) is 28.8. The molecule has 0 atom stereocenters. The monoisotopic (exact) mass is 383 g/mol. The quantitative estimate of drug-likeness (QED) is 0.637. The fourth-order valence-corrected chi connectivity index (χ4v) is 3.24. The molecule has 3 aromatic rings. The van der Waals surface area contributed by atoms with Crippen molar-refractivity contribution in [1.29, 1.82) is 0 Å². The van der Waals surface area contributed by atoms with Gasteiger partial charge < -0.3 is 14.3 Å². The predicted molar refractivity (Wildman–Crippen MR) is 103 cm³/mol. The van der Waals surface area contributed by atoms with Gasteiger partial charge in [-0.05, 0) is 31.0 Å². The zero-order valence-corrected chi connectivity index (χ0v) is 15.9. The Balaban J connectivity index is 1.51. The zero-order chi connectivity index (χ0) is 19.1. The van der Waals surface area contributed by atoms with E-state index in [4.69, 9.17) is 4.42 Å². The number of rotatable bonds is 7. The number of carbonyl (C=O) groups is 2. The number of nitrogens with one attached hydrogen (secondary N) is 1. The Hall–Kier alpha value is -2.93. The molecule has 2 aromatic heterocycles. The van der Waals surface area contributed by atoms with E-state index in [1.165, 1.54) is 23.2 Å². The minimum Gasteiger partial charge on any atom is -0.459 e. The Kier molecular flexibility index (Phi) is 6.38. The van der Waals surface area contributed by atoms with Crippen LogP contribution in [0.5, 0.6) is 0 Å². The number of benzene rings is 1.